The Morgan fingerprint density at radius 1 is 1.32 bits per heavy atom. The standard InChI is InChI=1S/C19H30FN3O.ClH/c1-23(2)12-15-10-14(6-7-17(15)20)11-22-18-5-3-4-16(18)19-13-24-9-8-21-19;/h6-7,10,16,18-19,21-22H,3-5,8-9,11-13H2,1-2H3;1H. The third kappa shape index (κ3) is 5.63. The molecule has 0 radical (unpaired) electrons. The Kier molecular flexibility index (Phi) is 8.10. The van der Waals surface area contributed by atoms with E-state index in [9.17, 15) is 4.39 Å². The van der Waals surface area contributed by atoms with Crippen molar-refractivity contribution < 1.29 is 9.13 Å². The summed E-state index contributed by atoms with van der Waals surface area (Å²) in [6, 6.07) is 6.48. The molecule has 1 aromatic carbocycles. The third-order valence-electron chi connectivity index (χ3n) is 5.20. The number of hydrogen-bond donors (Lipinski definition) is 2. The number of nitrogens with zero attached hydrogens (tertiary/aromatic N) is 1. The molecule has 3 atom stereocenters. The third-order valence-corrected chi connectivity index (χ3v) is 5.20. The average molecular weight is 372 g/mol. The van der Waals surface area contributed by atoms with E-state index in [4.69, 9.17) is 4.74 Å². The molecule has 0 bridgehead atoms. The minimum absolute atomic E-state index is 0. The van der Waals surface area contributed by atoms with E-state index < -0.39 is 0 Å². The maximum absolute atomic E-state index is 13.9. The predicted molar refractivity (Wildman–Crippen MR) is 102 cm³/mol. The van der Waals surface area contributed by atoms with Crippen LogP contribution in [0.3, 0.4) is 0 Å². The lowest BCUT2D eigenvalue weighted by atomic mass is 9.94. The van der Waals surface area contributed by atoms with Gasteiger partial charge in [-0.15, -0.1) is 12.4 Å². The minimum Gasteiger partial charge on any atom is -0.379 e. The van der Waals surface area contributed by atoms with E-state index in [2.05, 4.69) is 10.6 Å². The highest BCUT2D eigenvalue weighted by atomic mass is 35.5. The zero-order valence-electron chi connectivity index (χ0n) is 15.3. The zero-order chi connectivity index (χ0) is 16.9. The van der Waals surface area contributed by atoms with Crippen LogP contribution in [0.2, 0.25) is 0 Å². The van der Waals surface area contributed by atoms with Gasteiger partial charge in [-0.2, -0.15) is 0 Å². The van der Waals surface area contributed by atoms with E-state index in [1.165, 1.54) is 19.3 Å². The van der Waals surface area contributed by atoms with Crippen LogP contribution in [-0.4, -0.2) is 50.8 Å². The SMILES string of the molecule is CN(C)Cc1cc(CNC2CCCC2C2COCCN2)ccc1F.Cl. The summed E-state index contributed by atoms with van der Waals surface area (Å²) >= 11 is 0. The van der Waals surface area contributed by atoms with Gasteiger partial charge >= 0.3 is 0 Å². The smallest absolute Gasteiger partial charge is 0.127 e. The van der Waals surface area contributed by atoms with Crippen LogP contribution in [0.5, 0.6) is 0 Å². The summed E-state index contributed by atoms with van der Waals surface area (Å²) in [5, 5.41) is 7.32. The van der Waals surface area contributed by atoms with E-state index in [1.807, 2.05) is 31.1 Å². The van der Waals surface area contributed by atoms with Crippen molar-refractivity contribution in [3.8, 4) is 0 Å². The molecule has 2 fully saturated rings. The molecule has 3 unspecified atom stereocenters. The van der Waals surface area contributed by atoms with Gasteiger partial charge in [0.1, 0.15) is 5.82 Å². The molecule has 142 valence electrons. The van der Waals surface area contributed by atoms with Crippen LogP contribution in [0.4, 0.5) is 4.39 Å². The van der Waals surface area contributed by atoms with E-state index in [-0.39, 0.29) is 18.2 Å². The molecule has 3 rings (SSSR count). The number of halogens is 2. The number of benzene rings is 1. The van der Waals surface area contributed by atoms with Gasteiger partial charge in [0.05, 0.1) is 13.2 Å². The fourth-order valence-electron chi connectivity index (χ4n) is 4.03. The highest BCUT2D eigenvalue weighted by Gasteiger charge is 2.34. The van der Waals surface area contributed by atoms with Crippen LogP contribution in [0.25, 0.3) is 0 Å². The van der Waals surface area contributed by atoms with Crippen LogP contribution >= 0.6 is 12.4 Å². The molecular formula is C19H31ClFN3O. The first kappa shape index (κ1) is 20.6. The van der Waals surface area contributed by atoms with Crippen molar-refractivity contribution in [3.05, 3.63) is 35.1 Å². The maximum atomic E-state index is 13.9. The monoisotopic (exact) mass is 371 g/mol. The second-order valence-corrected chi connectivity index (χ2v) is 7.38. The second kappa shape index (κ2) is 9.83. The summed E-state index contributed by atoms with van der Waals surface area (Å²) in [7, 11) is 3.93. The lowest BCUT2D eigenvalue weighted by Crippen LogP contribution is -2.50. The molecule has 0 spiro atoms. The fourth-order valence-corrected chi connectivity index (χ4v) is 4.03. The Balaban J connectivity index is 0.00000225. The first-order chi connectivity index (χ1) is 11.6. The fraction of sp³-hybridized carbons (Fsp3) is 0.684. The van der Waals surface area contributed by atoms with Crippen LogP contribution < -0.4 is 10.6 Å². The van der Waals surface area contributed by atoms with Crippen molar-refractivity contribution in [2.45, 2.75) is 44.4 Å². The summed E-state index contributed by atoms with van der Waals surface area (Å²) in [5.41, 5.74) is 1.93. The molecule has 1 heterocycles. The molecule has 2 aliphatic rings. The van der Waals surface area contributed by atoms with Crippen LogP contribution in [0, 0.1) is 11.7 Å². The molecular weight excluding hydrogens is 341 g/mol. The number of rotatable bonds is 6. The molecule has 4 nitrogen and oxygen atoms in total. The Bertz CT molecular complexity index is 537. The molecule has 1 aliphatic carbocycles. The van der Waals surface area contributed by atoms with Crippen molar-refractivity contribution in [2.24, 2.45) is 5.92 Å². The van der Waals surface area contributed by atoms with Crippen LogP contribution in [0.15, 0.2) is 18.2 Å². The number of morpholine rings is 1. The van der Waals surface area contributed by atoms with Gasteiger partial charge in [0.2, 0.25) is 0 Å². The molecule has 6 heteroatoms. The Hall–Kier alpha value is -0.720. The molecule has 1 saturated carbocycles. The van der Waals surface area contributed by atoms with Crippen LogP contribution in [0.1, 0.15) is 30.4 Å². The largest absolute Gasteiger partial charge is 0.379 e. The Morgan fingerprint density at radius 2 is 2.16 bits per heavy atom. The first-order valence-electron chi connectivity index (χ1n) is 9.10. The molecule has 1 saturated heterocycles. The van der Waals surface area contributed by atoms with Crippen LogP contribution in [-0.2, 0) is 17.8 Å². The molecule has 2 N–H and O–H groups in total. The van der Waals surface area contributed by atoms with E-state index in [0.717, 1.165) is 37.4 Å². The number of ether oxygens (including phenoxy) is 1. The number of nitrogens with one attached hydrogen (secondary N) is 2. The van der Waals surface area contributed by atoms with Gasteiger partial charge in [0, 0.05) is 37.3 Å². The normalized spacial score (nSPS) is 26.6. The molecule has 1 aliphatic heterocycles. The van der Waals surface area contributed by atoms with Crippen molar-refractivity contribution in [2.75, 3.05) is 33.9 Å². The van der Waals surface area contributed by atoms with E-state index in [0.29, 0.717) is 24.5 Å². The Labute approximate surface area is 156 Å². The van der Waals surface area contributed by atoms with E-state index in [1.54, 1.807) is 6.07 Å². The highest BCUT2D eigenvalue weighted by molar-refractivity contribution is 5.85. The van der Waals surface area contributed by atoms with Crippen molar-refractivity contribution in [1.29, 1.82) is 0 Å². The average Bonchev–Trinajstić information content (AvgIpc) is 3.04. The van der Waals surface area contributed by atoms with Gasteiger partial charge in [-0.25, -0.2) is 4.39 Å². The summed E-state index contributed by atoms with van der Waals surface area (Å²) in [6.07, 6.45) is 3.75. The number of hydrogen-bond acceptors (Lipinski definition) is 4. The van der Waals surface area contributed by atoms with Gasteiger partial charge in [-0.05, 0) is 44.5 Å². The first-order valence-corrected chi connectivity index (χ1v) is 9.10. The molecule has 0 aromatic heterocycles. The highest BCUT2D eigenvalue weighted by Crippen LogP contribution is 2.29. The van der Waals surface area contributed by atoms with Crippen molar-refractivity contribution in [3.63, 3.8) is 0 Å². The Morgan fingerprint density at radius 3 is 2.88 bits per heavy atom. The van der Waals surface area contributed by atoms with Crippen molar-refractivity contribution in [1.82, 2.24) is 15.5 Å². The molecule has 1 aromatic rings. The summed E-state index contributed by atoms with van der Waals surface area (Å²) in [4.78, 5) is 2.00. The quantitative estimate of drug-likeness (QED) is 0.805. The second-order valence-electron chi connectivity index (χ2n) is 7.38. The minimum atomic E-state index is -0.116. The predicted octanol–water partition coefficient (Wildman–Crippen LogP) is 2.56. The lowest BCUT2D eigenvalue weighted by Gasteiger charge is -2.33. The van der Waals surface area contributed by atoms with Gasteiger partial charge < -0.3 is 20.3 Å². The van der Waals surface area contributed by atoms with Gasteiger partial charge in [-0.3, -0.25) is 0 Å². The van der Waals surface area contributed by atoms with Gasteiger partial charge in [0.25, 0.3) is 0 Å². The van der Waals surface area contributed by atoms with Gasteiger partial charge in [-0.1, -0.05) is 18.6 Å². The maximum Gasteiger partial charge on any atom is 0.127 e. The topological polar surface area (TPSA) is 36.5 Å². The lowest BCUT2D eigenvalue weighted by molar-refractivity contribution is 0.0524. The van der Waals surface area contributed by atoms with E-state index >= 15 is 0 Å². The van der Waals surface area contributed by atoms with Crippen molar-refractivity contribution >= 4 is 12.4 Å². The zero-order valence-corrected chi connectivity index (χ0v) is 16.1. The summed E-state index contributed by atoms with van der Waals surface area (Å²) < 4.78 is 19.5. The summed E-state index contributed by atoms with van der Waals surface area (Å²) in [5.74, 6) is 0.516. The molecule has 0 amide bonds. The summed E-state index contributed by atoms with van der Waals surface area (Å²) in [6.45, 7) is 4.04. The van der Waals surface area contributed by atoms with Gasteiger partial charge in [0.15, 0.2) is 0 Å². The molecule has 25 heavy (non-hydrogen) atoms.